The smallest absolute Gasteiger partial charge is 0.307 e. The summed E-state index contributed by atoms with van der Waals surface area (Å²) in [6.45, 7) is 5.99. The number of hydrogen-bond acceptors (Lipinski definition) is 6. The highest BCUT2D eigenvalue weighted by Crippen LogP contribution is 2.46. The standard InChI is InChI=1S/C38H38Cl2N4O4/c1-20-10-9-13-27-33(36(44-34(20)27)38(47)41-22(3)25-11-5-7-14-28(25)39)24-17-16-23-18-31(42-35(23)21(24)2)37(46)43-30(19-32(45)48-4)26-12-6-8-15-29(26)40/h5-17,22,30-31,33,36,42,44H,18-19H2,1-4H3,(H,41,47)(H,43,46). The average Bonchev–Trinajstić information content (AvgIpc) is 3.69. The quantitative estimate of drug-likeness (QED) is 0.139. The van der Waals surface area contributed by atoms with E-state index in [-0.39, 0.29) is 30.2 Å². The topological polar surface area (TPSA) is 109 Å². The summed E-state index contributed by atoms with van der Waals surface area (Å²) in [5.74, 6) is -1.12. The minimum Gasteiger partial charge on any atom is -0.469 e. The molecule has 0 aliphatic carbocycles. The largest absolute Gasteiger partial charge is 0.469 e. The minimum absolute atomic E-state index is 0.0547. The second-order valence-corrected chi connectivity index (χ2v) is 13.3. The zero-order chi connectivity index (χ0) is 34.1. The van der Waals surface area contributed by atoms with Crippen LogP contribution < -0.4 is 21.3 Å². The van der Waals surface area contributed by atoms with Gasteiger partial charge in [-0.15, -0.1) is 0 Å². The number of anilines is 2. The molecule has 0 saturated carbocycles. The molecule has 2 heterocycles. The molecule has 4 N–H and O–H groups in total. The molecule has 10 heteroatoms. The number of rotatable bonds is 9. The number of esters is 1. The SMILES string of the molecule is COC(=O)CC(NC(=O)C1Cc2ccc(C3c4cccc(C)c4NC3C(=O)NC(C)c3ccccc3Cl)c(C)c2N1)c1ccccc1Cl. The number of methoxy groups -OCH3 is 1. The first-order valence-electron chi connectivity index (χ1n) is 16.0. The van der Waals surface area contributed by atoms with Gasteiger partial charge in [0.15, 0.2) is 0 Å². The van der Waals surface area contributed by atoms with Gasteiger partial charge in [0.25, 0.3) is 0 Å². The molecule has 2 aliphatic rings. The first-order chi connectivity index (χ1) is 23.1. The zero-order valence-corrected chi connectivity index (χ0v) is 28.7. The predicted molar refractivity (Wildman–Crippen MR) is 190 cm³/mol. The van der Waals surface area contributed by atoms with Crippen LogP contribution in [-0.2, 0) is 25.5 Å². The van der Waals surface area contributed by atoms with Crippen molar-refractivity contribution in [3.63, 3.8) is 0 Å². The fourth-order valence-corrected chi connectivity index (χ4v) is 7.52. The molecule has 0 aromatic heterocycles. The molecule has 248 valence electrons. The highest BCUT2D eigenvalue weighted by atomic mass is 35.5. The van der Waals surface area contributed by atoms with Crippen molar-refractivity contribution in [1.29, 1.82) is 0 Å². The zero-order valence-electron chi connectivity index (χ0n) is 27.2. The number of ether oxygens (including phenoxy) is 1. The molecule has 5 atom stereocenters. The van der Waals surface area contributed by atoms with E-state index in [1.54, 1.807) is 18.2 Å². The molecule has 2 amide bonds. The van der Waals surface area contributed by atoms with Crippen LogP contribution >= 0.6 is 23.2 Å². The Morgan fingerprint density at radius 1 is 0.812 bits per heavy atom. The second kappa shape index (κ2) is 13.9. The number of nitrogens with one attached hydrogen (secondary N) is 4. The van der Waals surface area contributed by atoms with Crippen molar-refractivity contribution in [3.05, 3.63) is 128 Å². The summed E-state index contributed by atoms with van der Waals surface area (Å²) in [6.07, 6.45) is 0.411. The van der Waals surface area contributed by atoms with Crippen LogP contribution in [0, 0.1) is 13.8 Å². The number of amides is 2. The number of fused-ring (bicyclic) bond motifs is 2. The lowest BCUT2D eigenvalue weighted by atomic mass is 9.83. The Balaban J connectivity index is 1.26. The Labute approximate surface area is 290 Å². The van der Waals surface area contributed by atoms with Crippen LogP contribution in [0.2, 0.25) is 10.0 Å². The Bertz CT molecular complexity index is 1900. The molecule has 6 rings (SSSR count). The first-order valence-corrected chi connectivity index (χ1v) is 16.7. The van der Waals surface area contributed by atoms with Crippen LogP contribution in [0.3, 0.4) is 0 Å². The van der Waals surface area contributed by atoms with E-state index >= 15 is 0 Å². The Kier molecular flexibility index (Phi) is 9.67. The lowest BCUT2D eigenvalue weighted by molar-refractivity contribution is -0.141. The van der Waals surface area contributed by atoms with Gasteiger partial charge in [-0.25, -0.2) is 0 Å². The van der Waals surface area contributed by atoms with Crippen molar-refractivity contribution in [2.75, 3.05) is 17.7 Å². The third kappa shape index (κ3) is 6.47. The van der Waals surface area contributed by atoms with Gasteiger partial charge in [0, 0.05) is 33.8 Å². The van der Waals surface area contributed by atoms with Crippen LogP contribution in [-0.4, -0.2) is 37.0 Å². The summed E-state index contributed by atoms with van der Waals surface area (Å²) in [4.78, 5) is 39.9. The van der Waals surface area contributed by atoms with Crippen molar-refractivity contribution in [2.24, 2.45) is 0 Å². The summed E-state index contributed by atoms with van der Waals surface area (Å²) in [5, 5.41) is 14.2. The van der Waals surface area contributed by atoms with E-state index < -0.39 is 24.1 Å². The number of aryl methyl sites for hydroxylation is 1. The normalized spacial score (nSPS) is 18.8. The maximum Gasteiger partial charge on any atom is 0.307 e. The fraction of sp³-hybridized carbons (Fsp3) is 0.289. The van der Waals surface area contributed by atoms with Crippen LogP contribution in [0.25, 0.3) is 0 Å². The van der Waals surface area contributed by atoms with Gasteiger partial charge < -0.3 is 26.0 Å². The molecule has 5 unspecified atom stereocenters. The summed E-state index contributed by atoms with van der Waals surface area (Å²) in [6, 6.07) is 22.8. The monoisotopic (exact) mass is 684 g/mol. The summed E-state index contributed by atoms with van der Waals surface area (Å²) >= 11 is 12.9. The van der Waals surface area contributed by atoms with Gasteiger partial charge in [-0.05, 0) is 71.8 Å². The van der Waals surface area contributed by atoms with E-state index in [0.29, 0.717) is 22.0 Å². The van der Waals surface area contributed by atoms with Gasteiger partial charge in [0.2, 0.25) is 11.8 Å². The number of carbonyl (C=O) groups is 3. The van der Waals surface area contributed by atoms with Crippen molar-refractivity contribution in [3.8, 4) is 0 Å². The summed E-state index contributed by atoms with van der Waals surface area (Å²) < 4.78 is 4.90. The number of halogens is 2. The van der Waals surface area contributed by atoms with Crippen molar-refractivity contribution in [2.45, 2.75) is 63.7 Å². The number of hydrogen-bond donors (Lipinski definition) is 4. The van der Waals surface area contributed by atoms with Gasteiger partial charge >= 0.3 is 5.97 Å². The molecule has 0 saturated heterocycles. The van der Waals surface area contributed by atoms with E-state index in [0.717, 1.165) is 44.8 Å². The van der Waals surface area contributed by atoms with E-state index in [4.69, 9.17) is 27.9 Å². The molecular weight excluding hydrogens is 647 g/mol. The molecule has 0 bridgehead atoms. The molecule has 2 aliphatic heterocycles. The van der Waals surface area contributed by atoms with Gasteiger partial charge in [0.1, 0.15) is 12.1 Å². The minimum atomic E-state index is -0.655. The summed E-state index contributed by atoms with van der Waals surface area (Å²) in [5.41, 5.74) is 8.38. The third-order valence-electron chi connectivity index (χ3n) is 9.47. The highest BCUT2D eigenvalue weighted by molar-refractivity contribution is 6.31. The van der Waals surface area contributed by atoms with E-state index in [9.17, 15) is 14.4 Å². The molecule has 0 spiro atoms. The average molecular weight is 686 g/mol. The van der Waals surface area contributed by atoms with Crippen LogP contribution in [0.5, 0.6) is 0 Å². The maximum absolute atomic E-state index is 14.0. The fourth-order valence-electron chi connectivity index (χ4n) is 6.95. The number of benzene rings is 4. The lowest BCUT2D eigenvalue weighted by Crippen LogP contribution is -2.42. The first kappa shape index (κ1) is 33.4. The van der Waals surface area contributed by atoms with Gasteiger partial charge in [-0.1, -0.05) is 89.9 Å². The molecule has 0 radical (unpaired) electrons. The Hall–Kier alpha value is -4.53. The van der Waals surface area contributed by atoms with Gasteiger partial charge in [0.05, 0.1) is 25.6 Å². The van der Waals surface area contributed by atoms with Crippen LogP contribution in [0.4, 0.5) is 11.4 Å². The molecular formula is C38H38Cl2N4O4. The van der Waals surface area contributed by atoms with E-state index in [1.807, 2.05) is 69.3 Å². The maximum atomic E-state index is 14.0. The van der Waals surface area contributed by atoms with Crippen molar-refractivity contribution < 1.29 is 19.1 Å². The molecule has 8 nitrogen and oxygen atoms in total. The van der Waals surface area contributed by atoms with Crippen LogP contribution in [0.1, 0.15) is 70.3 Å². The van der Waals surface area contributed by atoms with E-state index in [2.05, 4.69) is 33.4 Å². The number of carbonyl (C=O) groups excluding carboxylic acids is 3. The Morgan fingerprint density at radius 3 is 2.19 bits per heavy atom. The number of para-hydroxylation sites is 1. The predicted octanol–water partition coefficient (Wildman–Crippen LogP) is 7.17. The molecule has 48 heavy (non-hydrogen) atoms. The molecule has 4 aromatic carbocycles. The van der Waals surface area contributed by atoms with E-state index in [1.165, 1.54) is 7.11 Å². The van der Waals surface area contributed by atoms with Crippen molar-refractivity contribution in [1.82, 2.24) is 10.6 Å². The molecule has 0 fully saturated rings. The van der Waals surface area contributed by atoms with Crippen LogP contribution in [0.15, 0.2) is 78.9 Å². The summed E-state index contributed by atoms with van der Waals surface area (Å²) in [7, 11) is 1.32. The van der Waals surface area contributed by atoms with Crippen molar-refractivity contribution >= 4 is 52.4 Å². The van der Waals surface area contributed by atoms with Gasteiger partial charge in [-0.2, -0.15) is 0 Å². The highest BCUT2D eigenvalue weighted by Gasteiger charge is 2.41. The Morgan fingerprint density at radius 2 is 1.50 bits per heavy atom. The third-order valence-corrected chi connectivity index (χ3v) is 10.2. The van der Waals surface area contributed by atoms with Gasteiger partial charge in [-0.3, -0.25) is 14.4 Å². The lowest BCUT2D eigenvalue weighted by Gasteiger charge is -2.25. The second-order valence-electron chi connectivity index (χ2n) is 12.5. The molecule has 4 aromatic rings.